The van der Waals surface area contributed by atoms with Crippen molar-refractivity contribution >= 4 is 17.0 Å². The summed E-state index contributed by atoms with van der Waals surface area (Å²) < 4.78 is 0. The first-order valence-corrected chi connectivity index (χ1v) is 7.06. The fraction of sp³-hybridized carbons (Fsp3) is 0.467. The lowest BCUT2D eigenvalue weighted by molar-refractivity contribution is 0.0697. The minimum Gasteiger partial charge on any atom is -0.478 e. The standard InChI is InChI=1S/C15H19N3O2/c1-10-4-6-18(7-5-10)9-14-16-12-3-2-11(15(19)20)8-13(12)17-14/h2-3,8,10H,4-7,9H2,1H3,(H,16,17)(H,19,20). The van der Waals surface area contributed by atoms with Crippen LogP contribution >= 0.6 is 0 Å². The highest BCUT2D eigenvalue weighted by atomic mass is 16.4. The molecule has 2 N–H and O–H groups in total. The van der Waals surface area contributed by atoms with Crippen molar-refractivity contribution in [1.82, 2.24) is 14.9 Å². The van der Waals surface area contributed by atoms with E-state index >= 15 is 0 Å². The van der Waals surface area contributed by atoms with Crippen LogP contribution in [0.2, 0.25) is 0 Å². The smallest absolute Gasteiger partial charge is 0.335 e. The van der Waals surface area contributed by atoms with Crippen LogP contribution in [-0.4, -0.2) is 39.0 Å². The van der Waals surface area contributed by atoms with E-state index in [0.29, 0.717) is 5.56 Å². The molecule has 5 nitrogen and oxygen atoms in total. The topological polar surface area (TPSA) is 69.2 Å². The van der Waals surface area contributed by atoms with Crippen LogP contribution in [0.5, 0.6) is 0 Å². The number of likely N-dealkylation sites (tertiary alicyclic amines) is 1. The number of aromatic nitrogens is 2. The zero-order valence-corrected chi connectivity index (χ0v) is 11.6. The first-order chi connectivity index (χ1) is 9.61. The van der Waals surface area contributed by atoms with Gasteiger partial charge in [0.1, 0.15) is 5.82 Å². The maximum Gasteiger partial charge on any atom is 0.335 e. The van der Waals surface area contributed by atoms with Crippen LogP contribution in [-0.2, 0) is 6.54 Å². The van der Waals surface area contributed by atoms with Crippen LogP contribution in [0.4, 0.5) is 0 Å². The number of hydrogen-bond acceptors (Lipinski definition) is 3. The molecule has 0 atom stereocenters. The SMILES string of the molecule is CC1CCN(Cc2nc3ccc(C(=O)O)cc3[nH]2)CC1. The maximum atomic E-state index is 11.0. The lowest BCUT2D eigenvalue weighted by Crippen LogP contribution is -2.32. The maximum absolute atomic E-state index is 11.0. The van der Waals surface area contributed by atoms with Gasteiger partial charge in [-0.05, 0) is 50.0 Å². The number of benzene rings is 1. The van der Waals surface area contributed by atoms with E-state index in [1.54, 1.807) is 18.2 Å². The van der Waals surface area contributed by atoms with Gasteiger partial charge in [0.15, 0.2) is 0 Å². The molecule has 5 heteroatoms. The Balaban J connectivity index is 1.77. The summed E-state index contributed by atoms with van der Waals surface area (Å²) in [5, 5.41) is 8.99. The molecule has 1 aromatic carbocycles. The van der Waals surface area contributed by atoms with E-state index in [0.717, 1.165) is 42.4 Å². The largest absolute Gasteiger partial charge is 0.478 e. The van der Waals surface area contributed by atoms with Crippen molar-refractivity contribution in [3.63, 3.8) is 0 Å². The number of nitrogens with one attached hydrogen (secondary N) is 1. The predicted octanol–water partition coefficient (Wildman–Crippen LogP) is 2.49. The molecule has 20 heavy (non-hydrogen) atoms. The first-order valence-electron chi connectivity index (χ1n) is 7.06. The summed E-state index contributed by atoms with van der Waals surface area (Å²) in [6.45, 7) is 5.33. The average molecular weight is 273 g/mol. The highest BCUT2D eigenvalue weighted by Crippen LogP contribution is 2.19. The van der Waals surface area contributed by atoms with E-state index in [1.807, 2.05) is 0 Å². The minimum absolute atomic E-state index is 0.291. The van der Waals surface area contributed by atoms with Gasteiger partial charge in [0.05, 0.1) is 23.1 Å². The number of carboxylic acids is 1. The Kier molecular flexibility index (Phi) is 3.44. The predicted molar refractivity (Wildman–Crippen MR) is 76.7 cm³/mol. The molecule has 1 aromatic heterocycles. The van der Waals surface area contributed by atoms with E-state index in [4.69, 9.17) is 5.11 Å². The lowest BCUT2D eigenvalue weighted by atomic mass is 9.99. The Morgan fingerprint density at radius 3 is 2.90 bits per heavy atom. The van der Waals surface area contributed by atoms with Gasteiger partial charge in [-0.25, -0.2) is 9.78 Å². The van der Waals surface area contributed by atoms with Crippen molar-refractivity contribution in [3.8, 4) is 0 Å². The second-order valence-electron chi connectivity index (χ2n) is 5.68. The molecule has 0 aliphatic carbocycles. The van der Waals surface area contributed by atoms with E-state index in [2.05, 4.69) is 21.8 Å². The number of carbonyl (C=O) groups is 1. The number of carboxylic acid groups (broad SMARTS) is 1. The van der Waals surface area contributed by atoms with E-state index in [-0.39, 0.29) is 0 Å². The Bertz CT molecular complexity index is 627. The third kappa shape index (κ3) is 2.67. The van der Waals surface area contributed by atoms with Gasteiger partial charge < -0.3 is 10.1 Å². The number of imidazole rings is 1. The molecular weight excluding hydrogens is 254 g/mol. The third-order valence-electron chi connectivity index (χ3n) is 4.03. The number of piperidine rings is 1. The summed E-state index contributed by atoms with van der Waals surface area (Å²) in [6, 6.07) is 5.00. The van der Waals surface area contributed by atoms with E-state index < -0.39 is 5.97 Å². The van der Waals surface area contributed by atoms with Crippen molar-refractivity contribution < 1.29 is 9.90 Å². The van der Waals surface area contributed by atoms with Crippen molar-refractivity contribution in [1.29, 1.82) is 0 Å². The molecule has 2 aromatic rings. The van der Waals surface area contributed by atoms with Crippen LogP contribution in [0.15, 0.2) is 18.2 Å². The third-order valence-corrected chi connectivity index (χ3v) is 4.03. The van der Waals surface area contributed by atoms with Crippen LogP contribution in [0.3, 0.4) is 0 Å². The molecule has 0 unspecified atom stereocenters. The van der Waals surface area contributed by atoms with Crippen LogP contribution in [0.1, 0.15) is 35.9 Å². The summed E-state index contributed by atoms with van der Waals surface area (Å²) >= 11 is 0. The monoisotopic (exact) mass is 273 g/mol. The zero-order chi connectivity index (χ0) is 14.1. The fourth-order valence-corrected chi connectivity index (χ4v) is 2.70. The molecule has 0 amide bonds. The molecule has 0 radical (unpaired) electrons. The summed E-state index contributed by atoms with van der Waals surface area (Å²) in [6.07, 6.45) is 2.48. The number of H-pyrrole nitrogens is 1. The van der Waals surface area contributed by atoms with Gasteiger partial charge in [0, 0.05) is 0 Å². The quantitative estimate of drug-likeness (QED) is 0.901. The van der Waals surface area contributed by atoms with Crippen LogP contribution in [0.25, 0.3) is 11.0 Å². The van der Waals surface area contributed by atoms with Crippen LogP contribution < -0.4 is 0 Å². The minimum atomic E-state index is -0.909. The number of aromatic carboxylic acids is 1. The molecule has 3 rings (SSSR count). The molecule has 106 valence electrons. The van der Waals surface area contributed by atoms with Gasteiger partial charge in [-0.3, -0.25) is 4.90 Å². The second-order valence-corrected chi connectivity index (χ2v) is 5.68. The zero-order valence-electron chi connectivity index (χ0n) is 11.6. The van der Waals surface area contributed by atoms with Crippen molar-refractivity contribution in [3.05, 3.63) is 29.6 Å². The number of nitrogens with zero attached hydrogens (tertiary/aromatic N) is 2. The molecule has 1 fully saturated rings. The average Bonchev–Trinajstić information content (AvgIpc) is 2.82. The molecular formula is C15H19N3O2. The van der Waals surface area contributed by atoms with Gasteiger partial charge in [-0.15, -0.1) is 0 Å². The molecule has 1 aliphatic rings. The second kappa shape index (κ2) is 5.25. The van der Waals surface area contributed by atoms with Gasteiger partial charge in [-0.2, -0.15) is 0 Å². The van der Waals surface area contributed by atoms with Gasteiger partial charge >= 0.3 is 5.97 Å². The molecule has 1 saturated heterocycles. The lowest BCUT2D eigenvalue weighted by Gasteiger charge is -2.29. The molecule has 2 heterocycles. The molecule has 0 spiro atoms. The van der Waals surface area contributed by atoms with E-state index in [1.165, 1.54) is 12.8 Å². The van der Waals surface area contributed by atoms with Gasteiger partial charge in [0.25, 0.3) is 0 Å². The Labute approximate surface area is 117 Å². The van der Waals surface area contributed by atoms with Crippen molar-refractivity contribution in [2.24, 2.45) is 5.92 Å². The molecule has 0 bridgehead atoms. The summed E-state index contributed by atoms with van der Waals surface area (Å²) in [7, 11) is 0. The van der Waals surface area contributed by atoms with Crippen LogP contribution in [0, 0.1) is 5.92 Å². The highest BCUT2D eigenvalue weighted by molar-refractivity contribution is 5.92. The van der Waals surface area contributed by atoms with Crippen molar-refractivity contribution in [2.45, 2.75) is 26.3 Å². The Morgan fingerprint density at radius 2 is 2.20 bits per heavy atom. The number of aromatic amines is 1. The first kappa shape index (κ1) is 13.1. The molecule has 0 saturated carbocycles. The van der Waals surface area contributed by atoms with Gasteiger partial charge in [0.2, 0.25) is 0 Å². The van der Waals surface area contributed by atoms with Crippen molar-refractivity contribution in [2.75, 3.05) is 13.1 Å². The number of hydrogen-bond donors (Lipinski definition) is 2. The number of rotatable bonds is 3. The summed E-state index contributed by atoms with van der Waals surface area (Å²) in [5.74, 6) is 0.824. The van der Waals surface area contributed by atoms with Gasteiger partial charge in [-0.1, -0.05) is 6.92 Å². The fourth-order valence-electron chi connectivity index (χ4n) is 2.70. The number of fused-ring (bicyclic) bond motifs is 1. The normalized spacial score (nSPS) is 17.6. The molecule has 1 aliphatic heterocycles. The Hall–Kier alpha value is -1.88. The summed E-state index contributed by atoms with van der Waals surface area (Å²) in [4.78, 5) is 21.1. The van der Waals surface area contributed by atoms with E-state index in [9.17, 15) is 4.79 Å². The summed E-state index contributed by atoms with van der Waals surface area (Å²) in [5.41, 5.74) is 1.92. The Morgan fingerprint density at radius 1 is 1.45 bits per heavy atom. The highest BCUT2D eigenvalue weighted by Gasteiger charge is 2.17.